The van der Waals surface area contributed by atoms with Gasteiger partial charge in [0.1, 0.15) is 23.1 Å². The first-order valence-electron chi connectivity index (χ1n) is 5.80. The molecule has 2 rings (SSSR count). The molecule has 0 N–H and O–H groups in total. The first-order valence-corrected chi connectivity index (χ1v) is 7.37. The lowest BCUT2D eigenvalue weighted by molar-refractivity contribution is 0.411. The second-order valence-corrected chi connectivity index (χ2v) is 5.63. The summed E-state index contributed by atoms with van der Waals surface area (Å²) in [6, 6.07) is 11.9. The maximum absolute atomic E-state index is 13.4. The molecule has 0 amide bonds. The smallest absolute Gasteiger partial charge is 0.313 e. The summed E-state index contributed by atoms with van der Waals surface area (Å²) >= 11 is 0. The van der Waals surface area contributed by atoms with E-state index in [1.165, 1.54) is 37.4 Å². The molecule has 0 spiro atoms. The molecule has 0 bridgehead atoms. The molecular weight excluding hydrogens is 283 g/mol. The number of ether oxygens (including phenoxy) is 1. The van der Waals surface area contributed by atoms with Crippen molar-refractivity contribution in [1.29, 1.82) is 0 Å². The van der Waals surface area contributed by atoms with Crippen LogP contribution in [0, 0.1) is 5.82 Å². The van der Waals surface area contributed by atoms with E-state index in [1.54, 1.807) is 18.2 Å². The Morgan fingerprint density at radius 1 is 1.05 bits per heavy atom. The van der Waals surface area contributed by atoms with E-state index in [0.717, 1.165) is 0 Å². The van der Waals surface area contributed by atoms with E-state index in [9.17, 15) is 12.8 Å². The van der Waals surface area contributed by atoms with E-state index in [2.05, 4.69) is 0 Å². The summed E-state index contributed by atoms with van der Waals surface area (Å²) in [5.74, 6) is -0.508. The van der Waals surface area contributed by atoms with Gasteiger partial charge in [0.25, 0.3) is 0 Å². The number of rotatable bonds is 5. The van der Waals surface area contributed by atoms with Crippen LogP contribution >= 0.6 is 0 Å². The number of hydrogen-bond acceptors (Lipinski definition) is 4. The molecule has 0 saturated heterocycles. The van der Waals surface area contributed by atoms with Crippen LogP contribution in [-0.2, 0) is 15.9 Å². The van der Waals surface area contributed by atoms with Crippen molar-refractivity contribution in [3.8, 4) is 11.5 Å². The Balaban J connectivity index is 2.17. The van der Waals surface area contributed by atoms with Gasteiger partial charge in [0.05, 0.1) is 7.11 Å². The molecule has 2 aromatic carbocycles. The summed E-state index contributed by atoms with van der Waals surface area (Å²) in [4.78, 5) is 0. The molecule has 0 unspecified atom stereocenters. The zero-order chi connectivity index (χ0) is 14.6. The van der Waals surface area contributed by atoms with Crippen LogP contribution in [0.1, 0.15) is 5.56 Å². The molecule has 0 atom stereocenters. The van der Waals surface area contributed by atoms with Gasteiger partial charge in [-0.15, -0.1) is 0 Å². The Kier molecular flexibility index (Phi) is 4.24. The fourth-order valence-corrected chi connectivity index (χ4v) is 2.71. The largest absolute Gasteiger partial charge is 0.497 e. The fourth-order valence-electron chi connectivity index (χ4n) is 1.64. The third kappa shape index (κ3) is 3.71. The molecule has 0 heterocycles. The van der Waals surface area contributed by atoms with Crippen molar-refractivity contribution in [2.45, 2.75) is 5.75 Å². The van der Waals surface area contributed by atoms with Crippen molar-refractivity contribution in [3.63, 3.8) is 0 Å². The number of benzene rings is 2. The average Bonchev–Trinajstić information content (AvgIpc) is 2.41. The minimum atomic E-state index is -3.93. The molecule has 4 nitrogen and oxygen atoms in total. The molecule has 2 aromatic rings. The number of hydrogen-bond donors (Lipinski definition) is 0. The van der Waals surface area contributed by atoms with Crippen LogP contribution in [0.25, 0.3) is 0 Å². The van der Waals surface area contributed by atoms with Gasteiger partial charge in [0.2, 0.25) is 0 Å². The summed E-state index contributed by atoms with van der Waals surface area (Å²) in [6.45, 7) is 0. The lowest BCUT2D eigenvalue weighted by Gasteiger charge is -2.08. The van der Waals surface area contributed by atoms with Crippen molar-refractivity contribution in [1.82, 2.24) is 0 Å². The zero-order valence-corrected chi connectivity index (χ0v) is 11.6. The molecule has 0 aliphatic carbocycles. The van der Waals surface area contributed by atoms with Crippen molar-refractivity contribution in [2.24, 2.45) is 0 Å². The summed E-state index contributed by atoms with van der Waals surface area (Å²) in [5.41, 5.74) is 0.0652. The van der Waals surface area contributed by atoms with E-state index in [-0.39, 0.29) is 11.3 Å². The zero-order valence-electron chi connectivity index (χ0n) is 10.7. The second-order valence-electron chi connectivity index (χ2n) is 4.06. The predicted octanol–water partition coefficient (Wildman–Crippen LogP) is 2.74. The first-order chi connectivity index (χ1) is 9.50. The van der Waals surface area contributed by atoms with Gasteiger partial charge in [0.15, 0.2) is 0 Å². The van der Waals surface area contributed by atoms with Gasteiger partial charge in [0, 0.05) is 11.6 Å². The highest BCUT2D eigenvalue weighted by Crippen LogP contribution is 2.22. The van der Waals surface area contributed by atoms with Crippen LogP contribution in [-0.4, -0.2) is 15.5 Å². The fraction of sp³-hybridized carbons (Fsp3) is 0.143. The van der Waals surface area contributed by atoms with Gasteiger partial charge >= 0.3 is 10.1 Å². The Bertz CT molecular complexity index is 698. The molecule has 0 fully saturated rings. The maximum atomic E-state index is 13.4. The molecule has 0 aliphatic heterocycles. The summed E-state index contributed by atoms with van der Waals surface area (Å²) in [5, 5.41) is 0. The second kappa shape index (κ2) is 5.92. The monoisotopic (exact) mass is 296 g/mol. The van der Waals surface area contributed by atoms with Gasteiger partial charge in [-0.3, -0.25) is 0 Å². The number of halogens is 1. The van der Waals surface area contributed by atoms with Crippen molar-refractivity contribution in [3.05, 3.63) is 59.9 Å². The van der Waals surface area contributed by atoms with Crippen LogP contribution in [0.2, 0.25) is 0 Å². The molecule has 0 saturated carbocycles. The van der Waals surface area contributed by atoms with Crippen molar-refractivity contribution in [2.75, 3.05) is 7.11 Å². The molecule has 0 aliphatic rings. The predicted molar refractivity (Wildman–Crippen MR) is 72.6 cm³/mol. The van der Waals surface area contributed by atoms with E-state index in [1.807, 2.05) is 0 Å². The van der Waals surface area contributed by atoms with E-state index >= 15 is 0 Å². The minimum absolute atomic E-state index is 0.0652. The van der Waals surface area contributed by atoms with Crippen LogP contribution in [0.4, 0.5) is 4.39 Å². The molecule has 0 radical (unpaired) electrons. The summed E-state index contributed by atoms with van der Waals surface area (Å²) in [7, 11) is -2.47. The summed E-state index contributed by atoms with van der Waals surface area (Å²) in [6.07, 6.45) is 0. The Morgan fingerprint density at radius 2 is 1.75 bits per heavy atom. The Labute approximate surface area is 116 Å². The van der Waals surface area contributed by atoms with Gasteiger partial charge in [-0.25, -0.2) is 4.39 Å². The quantitative estimate of drug-likeness (QED) is 0.796. The standard InChI is InChI=1S/C14H13FO4S/c1-18-12-6-4-7-13(9-12)19-20(16,17)10-11-5-2-3-8-14(11)15/h2-9H,10H2,1H3. The third-order valence-electron chi connectivity index (χ3n) is 2.55. The van der Waals surface area contributed by atoms with Gasteiger partial charge < -0.3 is 8.92 Å². The lowest BCUT2D eigenvalue weighted by atomic mass is 10.2. The highest BCUT2D eigenvalue weighted by Gasteiger charge is 2.16. The van der Waals surface area contributed by atoms with Crippen molar-refractivity contribution >= 4 is 10.1 Å². The van der Waals surface area contributed by atoms with E-state index in [0.29, 0.717) is 5.75 Å². The van der Waals surface area contributed by atoms with Crippen LogP contribution < -0.4 is 8.92 Å². The van der Waals surface area contributed by atoms with E-state index in [4.69, 9.17) is 8.92 Å². The highest BCUT2D eigenvalue weighted by atomic mass is 32.2. The molecular formula is C14H13FO4S. The van der Waals surface area contributed by atoms with Crippen molar-refractivity contribution < 1.29 is 21.7 Å². The minimum Gasteiger partial charge on any atom is -0.497 e. The average molecular weight is 296 g/mol. The lowest BCUT2D eigenvalue weighted by Crippen LogP contribution is -2.13. The SMILES string of the molecule is COc1cccc(OS(=O)(=O)Cc2ccccc2F)c1. The van der Waals surface area contributed by atoms with Crippen LogP contribution in [0.3, 0.4) is 0 Å². The van der Waals surface area contributed by atoms with Gasteiger partial charge in [-0.05, 0) is 18.2 Å². The molecule has 0 aromatic heterocycles. The van der Waals surface area contributed by atoms with Crippen LogP contribution in [0.5, 0.6) is 11.5 Å². The Hall–Kier alpha value is -2.08. The van der Waals surface area contributed by atoms with E-state index < -0.39 is 21.7 Å². The van der Waals surface area contributed by atoms with Gasteiger partial charge in [-0.1, -0.05) is 24.3 Å². The molecule has 20 heavy (non-hydrogen) atoms. The number of methoxy groups -OCH3 is 1. The molecule has 6 heteroatoms. The summed E-state index contributed by atoms with van der Waals surface area (Å²) < 4.78 is 47.1. The van der Waals surface area contributed by atoms with Crippen LogP contribution in [0.15, 0.2) is 48.5 Å². The third-order valence-corrected chi connectivity index (χ3v) is 3.67. The molecule has 106 valence electrons. The highest BCUT2D eigenvalue weighted by molar-refractivity contribution is 7.86. The van der Waals surface area contributed by atoms with Gasteiger partial charge in [-0.2, -0.15) is 8.42 Å². The normalized spacial score (nSPS) is 11.1. The Morgan fingerprint density at radius 3 is 2.45 bits per heavy atom. The first kappa shape index (κ1) is 14.3. The topological polar surface area (TPSA) is 52.6 Å². The maximum Gasteiger partial charge on any atom is 0.313 e.